The van der Waals surface area contributed by atoms with Crippen molar-refractivity contribution in [3.8, 4) is 0 Å². The standard InChI is InChI=1S/C25H25N3S2/c1-16(2)14-20-18-11-6-12-19(18)21-22-23(30-24(21)28-20)25(27-15-26-22)29-13-7-10-17-8-4-3-5-9-17/h3-5,7-10,15-16H,6,11-14H2,1-2H3/b10-7+. The lowest BCUT2D eigenvalue weighted by Gasteiger charge is -2.11. The molecule has 0 N–H and O–H groups in total. The SMILES string of the molecule is CC(C)Cc1nc2sc3c(SC/C=C/c4ccccc4)ncnc3c2c2c1CCC2. The van der Waals surface area contributed by atoms with Gasteiger partial charge in [-0.1, -0.05) is 56.3 Å². The molecule has 0 aliphatic heterocycles. The molecular formula is C25H25N3S2. The van der Waals surface area contributed by atoms with Crippen molar-refractivity contribution in [2.75, 3.05) is 5.75 Å². The fourth-order valence-corrected chi connectivity index (χ4v) is 6.35. The van der Waals surface area contributed by atoms with Gasteiger partial charge in [-0.15, -0.1) is 23.1 Å². The second-order valence-electron chi connectivity index (χ2n) is 8.23. The van der Waals surface area contributed by atoms with Crippen LogP contribution in [0.5, 0.6) is 0 Å². The van der Waals surface area contributed by atoms with Crippen LogP contribution in [0.3, 0.4) is 0 Å². The molecule has 152 valence electrons. The van der Waals surface area contributed by atoms with Crippen LogP contribution in [0.2, 0.25) is 0 Å². The lowest BCUT2D eigenvalue weighted by atomic mass is 9.99. The fraction of sp³-hybridized carbons (Fsp3) is 0.320. The van der Waals surface area contributed by atoms with Crippen LogP contribution in [0.25, 0.3) is 26.5 Å². The van der Waals surface area contributed by atoms with Gasteiger partial charge < -0.3 is 0 Å². The molecule has 4 aromatic rings. The summed E-state index contributed by atoms with van der Waals surface area (Å²) >= 11 is 3.55. The first-order valence-corrected chi connectivity index (χ1v) is 12.4. The van der Waals surface area contributed by atoms with Gasteiger partial charge in [0.05, 0.1) is 10.2 Å². The normalized spacial score (nSPS) is 13.8. The van der Waals surface area contributed by atoms with Gasteiger partial charge in [-0.3, -0.25) is 0 Å². The van der Waals surface area contributed by atoms with E-state index in [1.807, 2.05) is 6.07 Å². The van der Waals surface area contributed by atoms with E-state index >= 15 is 0 Å². The summed E-state index contributed by atoms with van der Waals surface area (Å²) in [6.45, 7) is 4.56. The first-order chi connectivity index (χ1) is 14.7. The molecule has 0 saturated heterocycles. The van der Waals surface area contributed by atoms with Crippen LogP contribution >= 0.6 is 23.1 Å². The van der Waals surface area contributed by atoms with E-state index in [9.17, 15) is 0 Å². The third-order valence-corrected chi connectivity index (χ3v) is 7.70. The Morgan fingerprint density at radius 2 is 1.93 bits per heavy atom. The van der Waals surface area contributed by atoms with Gasteiger partial charge in [-0.25, -0.2) is 15.0 Å². The fourth-order valence-electron chi connectivity index (χ4n) is 4.29. The molecule has 0 spiro atoms. The highest BCUT2D eigenvalue weighted by molar-refractivity contribution is 7.99. The Hall–Kier alpha value is -2.24. The molecule has 0 unspecified atom stereocenters. The van der Waals surface area contributed by atoms with Crippen molar-refractivity contribution >= 4 is 49.6 Å². The number of pyridine rings is 1. The maximum Gasteiger partial charge on any atom is 0.126 e. The maximum absolute atomic E-state index is 5.13. The van der Waals surface area contributed by atoms with Crippen LogP contribution in [-0.4, -0.2) is 20.7 Å². The van der Waals surface area contributed by atoms with Crippen LogP contribution in [0.4, 0.5) is 0 Å². The van der Waals surface area contributed by atoms with Crippen molar-refractivity contribution in [1.29, 1.82) is 0 Å². The van der Waals surface area contributed by atoms with Gasteiger partial charge in [0.25, 0.3) is 0 Å². The summed E-state index contributed by atoms with van der Waals surface area (Å²) in [4.78, 5) is 15.6. The molecule has 3 aromatic heterocycles. The molecule has 0 saturated carbocycles. The summed E-state index contributed by atoms with van der Waals surface area (Å²) in [6, 6.07) is 10.4. The van der Waals surface area contributed by atoms with Crippen LogP contribution in [0.1, 0.15) is 42.7 Å². The molecule has 3 nitrogen and oxygen atoms in total. The van der Waals surface area contributed by atoms with E-state index in [0.717, 1.165) is 40.4 Å². The third-order valence-electron chi connectivity index (χ3n) is 5.55. The topological polar surface area (TPSA) is 38.7 Å². The van der Waals surface area contributed by atoms with Gasteiger partial charge in [-0.05, 0) is 48.3 Å². The van der Waals surface area contributed by atoms with Crippen molar-refractivity contribution < 1.29 is 0 Å². The predicted octanol–water partition coefficient (Wildman–Crippen LogP) is 6.73. The highest BCUT2D eigenvalue weighted by Crippen LogP contribution is 2.42. The quantitative estimate of drug-likeness (QED) is 0.250. The molecule has 5 heteroatoms. The van der Waals surface area contributed by atoms with Crippen molar-refractivity contribution in [3.63, 3.8) is 0 Å². The molecule has 30 heavy (non-hydrogen) atoms. The minimum Gasteiger partial charge on any atom is -0.242 e. The number of aromatic nitrogens is 3. The molecule has 1 aliphatic rings. The monoisotopic (exact) mass is 431 g/mol. The first kappa shape index (κ1) is 19.7. The molecule has 3 heterocycles. The van der Waals surface area contributed by atoms with Gasteiger partial charge in [0.15, 0.2) is 0 Å². The van der Waals surface area contributed by atoms with Gasteiger partial charge in [0.1, 0.15) is 16.2 Å². The average Bonchev–Trinajstić information content (AvgIpc) is 3.36. The van der Waals surface area contributed by atoms with Crippen molar-refractivity contribution in [2.45, 2.75) is 44.6 Å². The molecular weight excluding hydrogens is 406 g/mol. The van der Waals surface area contributed by atoms with Crippen LogP contribution in [0.15, 0.2) is 47.8 Å². The van der Waals surface area contributed by atoms with E-state index < -0.39 is 0 Å². The summed E-state index contributed by atoms with van der Waals surface area (Å²) in [6.07, 6.45) is 10.7. The van der Waals surface area contributed by atoms with Gasteiger partial charge >= 0.3 is 0 Å². The van der Waals surface area contributed by atoms with Crippen molar-refractivity contribution in [2.24, 2.45) is 5.92 Å². The molecule has 0 bridgehead atoms. The Balaban J connectivity index is 1.50. The Labute approximate surface area is 185 Å². The minimum atomic E-state index is 0.622. The Bertz CT molecular complexity index is 1230. The lowest BCUT2D eigenvalue weighted by molar-refractivity contribution is 0.632. The number of aryl methyl sites for hydroxylation is 1. The summed E-state index contributed by atoms with van der Waals surface area (Å²) < 4.78 is 1.19. The van der Waals surface area contributed by atoms with E-state index in [-0.39, 0.29) is 0 Å². The summed E-state index contributed by atoms with van der Waals surface area (Å²) in [5, 5.41) is 2.36. The molecule has 5 rings (SSSR count). The maximum atomic E-state index is 5.13. The second kappa shape index (κ2) is 8.48. The van der Waals surface area contributed by atoms with E-state index in [1.165, 1.54) is 38.9 Å². The number of hydrogen-bond donors (Lipinski definition) is 0. The first-order valence-electron chi connectivity index (χ1n) is 10.6. The molecule has 0 atom stereocenters. The number of benzene rings is 1. The largest absolute Gasteiger partial charge is 0.242 e. The molecule has 0 fully saturated rings. The van der Waals surface area contributed by atoms with E-state index in [4.69, 9.17) is 9.97 Å². The number of rotatable bonds is 6. The molecule has 0 radical (unpaired) electrons. The van der Waals surface area contributed by atoms with Gasteiger partial charge in [0, 0.05) is 16.8 Å². The van der Waals surface area contributed by atoms with E-state index in [2.05, 4.69) is 55.2 Å². The Morgan fingerprint density at radius 3 is 2.77 bits per heavy atom. The summed E-state index contributed by atoms with van der Waals surface area (Å²) in [5.41, 5.74) is 6.63. The molecule has 0 amide bonds. The van der Waals surface area contributed by atoms with Crippen molar-refractivity contribution in [3.05, 3.63) is 65.1 Å². The van der Waals surface area contributed by atoms with E-state index in [0.29, 0.717) is 5.92 Å². The third kappa shape index (κ3) is 3.77. The number of thiophene rings is 1. The zero-order valence-electron chi connectivity index (χ0n) is 17.4. The zero-order valence-corrected chi connectivity index (χ0v) is 19.0. The zero-order chi connectivity index (χ0) is 20.5. The number of nitrogens with zero attached hydrogens (tertiary/aromatic N) is 3. The highest BCUT2D eigenvalue weighted by Gasteiger charge is 2.24. The van der Waals surface area contributed by atoms with Crippen molar-refractivity contribution in [1.82, 2.24) is 15.0 Å². The number of fused-ring (bicyclic) bond motifs is 5. The molecule has 1 aromatic carbocycles. The van der Waals surface area contributed by atoms with Crippen LogP contribution in [-0.2, 0) is 19.3 Å². The average molecular weight is 432 g/mol. The second-order valence-corrected chi connectivity index (χ2v) is 10.2. The Kier molecular flexibility index (Phi) is 5.57. The number of thioether (sulfide) groups is 1. The molecule has 1 aliphatic carbocycles. The number of hydrogen-bond acceptors (Lipinski definition) is 5. The smallest absolute Gasteiger partial charge is 0.126 e. The van der Waals surface area contributed by atoms with Gasteiger partial charge in [0.2, 0.25) is 0 Å². The Morgan fingerprint density at radius 1 is 1.10 bits per heavy atom. The highest BCUT2D eigenvalue weighted by atomic mass is 32.2. The predicted molar refractivity (Wildman–Crippen MR) is 129 cm³/mol. The lowest BCUT2D eigenvalue weighted by Crippen LogP contribution is -2.03. The van der Waals surface area contributed by atoms with Crippen LogP contribution < -0.4 is 0 Å². The summed E-state index contributed by atoms with van der Waals surface area (Å²) in [5.74, 6) is 1.51. The minimum absolute atomic E-state index is 0.622. The van der Waals surface area contributed by atoms with Crippen LogP contribution in [0, 0.1) is 5.92 Å². The van der Waals surface area contributed by atoms with Gasteiger partial charge in [-0.2, -0.15) is 0 Å². The summed E-state index contributed by atoms with van der Waals surface area (Å²) in [7, 11) is 0. The van der Waals surface area contributed by atoms with E-state index in [1.54, 1.807) is 29.4 Å².